The maximum absolute atomic E-state index is 8.73. The van der Waals surface area contributed by atoms with E-state index in [4.69, 9.17) is 14.6 Å². The maximum Gasteiger partial charge on any atom is 0.168 e. The van der Waals surface area contributed by atoms with Crippen molar-refractivity contribution in [3.05, 3.63) is 0 Å². The van der Waals surface area contributed by atoms with Crippen molar-refractivity contribution in [2.75, 3.05) is 13.2 Å². The number of ether oxygens (including phenoxy) is 2. The van der Waals surface area contributed by atoms with E-state index in [2.05, 4.69) is 0 Å². The van der Waals surface area contributed by atoms with Crippen molar-refractivity contribution in [1.82, 2.24) is 0 Å². The fourth-order valence-corrected chi connectivity index (χ4v) is 2.43. The summed E-state index contributed by atoms with van der Waals surface area (Å²) in [6.07, 6.45) is 7.86. The Morgan fingerprint density at radius 3 is 2.71 bits per heavy atom. The minimum atomic E-state index is -0.238. The Balaban J connectivity index is 1.80. The molecule has 1 spiro atoms. The van der Waals surface area contributed by atoms with Crippen LogP contribution in [0.5, 0.6) is 0 Å². The van der Waals surface area contributed by atoms with Gasteiger partial charge in [0, 0.05) is 19.4 Å². The lowest BCUT2D eigenvalue weighted by Crippen LogP contribution is -2.33. The minimum Gasteiger partial charge on any atom is -0.396 e. The van der Waals surface area contributed by atoms with Crippen LogP contribution >= 0.6 is 0 Å². The molecule has 14 heavy (non-hydrogen) atoms. The highest BCUT2D eigenvalue weighted by atomic mass is 16.7. The summed E-state index contributed by atoms with van der Waals surface area (Å²) in [4.78, 5) is 0. The molecule has 2 rings (SSSR count). The summed E-state index contributed by atoms with van der Waals surface area (Å²) in [6, 6.07) is 0. The molecule has 2 fully saturated rings. The molecule has 0 aromatic heterocycles. The fourth-order valence-electron chi connectivity index (χ4n) is 2.43. The highest BCUT2D eigenvalue weighted by Crippen LogP contribution is 2.38. The Bertz CT molecular complexity index is 175. The standard InChI is InChI=1S/C11H20O3/c12-8-4-5-10-9-13-11(14-10)6-2-1-3-7-11/h10,12H,1-9H2/t10-/m0/s1. The van der Waals surface area contributed by atoms with E-state index in [9.17, 15) is 0 Å². The van der Waals surface area contributed by atoms with Gasteiger partial charge in [0.15, 0.2) is 5.79 Å². The summed E-state index contributed by atoms with van der Waals surface area (Å²) in [5.74, 6) is -0.238. The zero-order chi connectivity index (χ0) is 9.86. The van der Waals surface area contributed by atoms with E-state index in [1.807, 2.05) is 0 Å². The Hall–Kier alpha value is -0.120. The van der Waals surface area contributed by atoms with Crippen LogP contribution in [-0.2, 0) is 9.47 Å². The van der Waals surface area contributed by atoms with E-state index in [-0.39, 0.29) is 18.5 Å². The number of rotatable bonds is 3. The Morgan fingerprint density at radius 1 is 1.21 bits per heavy atom. The molecule has 1 saturated carbocycles. The highest BCUT2D eigenvalue weighted by molar-refractivity contribution is 4.82. The van der Waals surface area contributed by atoms with Crippen LogP contribution in [0.25, 0.3) is 0 Å². The van der Waals surface area contributed by atoms with Crippen molar-refractivity contribution in [3.63, 3.8) is 0 Å². The molecule has 1 aliphatic heterocycles. The smallest absolute Gasteiger partial charge is 0.168 e. The summed E-state index contributed by atoms with van der Waals surface area (Å²) < 4.78 is 11.7. The highest BCUT2D eigenvalue weighted by Gasteiger charge is 2.41. The minimum absolute atomic E-state index is 0.222. The summed E-state index contributed by atoms with van der Waals surface area (Å²) in [6.45, 7) is 0.979. The summed E-state index contributed by atoms with van der Waals surface area (Å²) >= 11 is 0. The summed E-state index contributed by atoms with van der Waals surface area (Å²) in [5.41, 5.74) is 0. The van der Waals surface area contributed by atoms with Crippen LogP contribution in [0.15, 0.2) is 0 Å². The van der Waals surface area contributed by atoms with Crippen molar-refractivity contribution in [2.24, 2.45) is 0 Å². The van der Waals surface area contributed by atoms with E-state index in [1.54, 1.807) is 0 Å². The molecule has 3 heteroatoms. The third-order valence-electron chi connectivity index (χ3n) is 3.21. The largest absolute Gasteiger partial charge is 0.396 e. The lowest BCUT2D eigenvalue weighted by molar-refractivity contribution is -0.187. The zero-order valence-electron chi connectivity index (χ0n) is 8.71. The van der Waals surface area contributed by atoms with Crippen LogP contribution in [0.4, 0.5) is 0 Å². The predicted octanol–water partition coefficient (Wildman–Crippen LogP) is 1.83. The average Bonchev–Trinajstić information content (AvgIpc) is 2.60. The molecular formula is C11H20O3. The number of aliphatic hydroxyl groups excluding tert-OH is 1. The van der Waals surface area contributed by atoms with Gasteiger partial charge >= 0.3 is 0 Å². The molecule has 1 heterocycles. The van der Waals surface area contributed by atoms with Gasteiger partial charge in [-0.15, -0.1) is 0 Å². The number of hydrogen-bond acceptors (Lipinski definition) is 3. The first-order valence-corrected chi connectivity index (χ1v) is 5.77. The van der Waals surface area contributed by atoms with Crippen LogP contribution in [0, 0.1) is 0 Å². The average molecular weight is 200 g/mol. The van der Waals surface area contributed by atoms with Crippen molar-refractivity contribution in [1.29, 1.82) is 0 Å². The molecule has 1 aliphatic carbocycles. The SMILES string of the molecule is OCCC[C@H]1COC2(CCCCC2)O1. The van der Waals surface area contributed by atoms with Gasteiger partial charge in [-0.3, -0.25) is 0 Å². The second-order valence-corrected chi connectivity index (χ2v) is 4.39. The fraction of sp³-hybridized carbons (Fsp3) is 1.00. The molecular weight excluding hydrogens is 180 g/mol. The van der Waals surface area contributed by atoms with E-state index in [1.165, 1.54) is 19.3 Å². The van der Waals surface area contributed by atoms with E-state index >= 15 is 0 Å². The third-order valence-corrected chi connectivity index (χ3v) is 3.21. The topological polar surface area (TPSA) is 38.7 Å². The van der Waals surface area contributed by atoms with Crippen molar-refractivity contribution in [2.45, 2.75) is 56.8 Å². The van der Waals surface area contributed by atoms with Gasteiger partial charge in [-0.25, -0.2) is 0 Å². The lowest BCUT2D eigenvalue weighted by atomic mass is 9.94. The Kier molecular flexibility index (Phi) is 3.42. The second kappa shape index (κ2) is 4.60. The first-order chi connectivity index (χ1) is 6.85. The van der Waals surface area contributed by atoms with Gasteiger partial charge in [-0.1, -0.05) is 6.42 Å². The quantitative estimate of drug-likeness (QED) is 0.755. The molecule has 1 atom stereocenters. The van der Waals surface area contributed by atoms with Crippen molar-refractivity contribution < 1.29 is 14.6 Å². The molecule has 0 aromatic rings. The van der Waals surface area contributed by atoms with E-state index < -0.39 is 0 Å². The molecule has 0 amide bonds. The van der Waals surface area contributed by atoms with Gasteiger partial charge in [-0.2, -0.15) is 0 Å². The van der Waals surface area contributed by atoms with Crippen LogP contribution in [0.1, 0.15) is 44.9 Å². The zero-order valence-corrected chi connectivity index (χ0v) is 8.71. The first kappa shape index (κ1) is 10.4. The normalized spacial score (nSPS) is 31.1. The maximum atomic E-state index is 8.73. The molecule has 1 saturated heterocycles. The summed E-state index contributed by atoms with van der Waals surface area (Å²) in [5, 5.41) is 8.73. The molecule has 0 radical (unpaired) electrons. The molecule has 0 bridgehead atoms. The van der Waals surface area contributed by atoms with Gasteiger partial charge in [-0.05, 0) is 25.7 Å². The van der Waals surface area contributed by atoms with E-state index in [0.29, 0.717) is 0 Å². The van der Waals surface area contributed by atoms with Crippen molar-refractivity contribution >= 4 is 0 Å². The third kappa shape index (κ3) is 2.27. The Morgan fingerprint density at radius 2 is 2.00 bits per heavy atom. The first-order valence-electron chi connectivity index (χ1n) is 5.77. The number of hydrogen-bond donors (Lipinski definition) is 1. The monoisotopic (exact) mass is 200 g/mol. The lowest BCUT2D eigenvalue weighted by Gasteiger charge is -2.31. The molecule has 0 aromatic carbocycles. The van der Waals surface area contributed by atoms with Gasteiger partial charge < -0.3 is 14.6 Å². The Labute approximate surface area is 85.4 Å². The molecule has 0 unspecified atom stereocenters. The van der Waals surface area contributed by atoms with Crippen LogP contribution < -0.4 is 0 Å². The summed E-state index contributed by atoms with van der Waals surface area (Å²) in [7, 11) is 0. The van der Waals surface area contributed by atoms with Crippen molar-refractivity contribution in [3.8, 4) is 0 Å². The van der Waals surface area contributed by atoms with Gasteiger partial charge in [0.25, 0.3) is 0 Å². The molecule has 2 aliphatic rings. The predicted molar refractivity (Wildman–Crippen MR) is 53.0 cm³/mol. The number of aliphatic hydroxyl groups is 1. The molecule has 82 valence electrons. The van der Waals surface area contributed by atoms with Gasteiger partial charge in [0.05, 0.1) is 12.7 Å². The van der Waals surface area contributed by atoms with Gasteiger partial charge in [0.2, 0.25) is 0 Å². The molecule has 1 N–H and O–H groups in total. The van der Waals surface area contributed by atoms with Crippen LogP contribution in [0.3, 0.4) is 0 Å². The van der Waals surface area contributed by atoms with Crippen LogP contribution in [-0.4, -0.2) is 30.2 Å². The van der Waals surface area contributed by atoms with E-state index in [0.717, 1.165) is 32.3 Å². The van der Waals surface area contributed by atoms with Gasteiger partial charge in [0.1, 0.15) is 0 Å². The second-order valence-electron chi connectivity index (χ2n) is 4.39. The van der Waals surface area contributed by atoms with Crippen LogP contribution in [0.2, 0.25) is 0 Å². The molecule has 3 nitrogen and oxygen atoms in total.